The van der Waals surface area contributed by atoms with Crippen LogP contribution in [-0.4, -0.2) is 14.5 Å². The molecule has 0 fully saturated rings. The topological polar surface area (TPSA) is 43.9 Å². The number of pyridine rings is 1. The summed E-state index contributed by atoms with van der Waals surface area (Å²) in [6.45, 7) is 0. The Morgan fingerprint density at radius 2 is 2.33 bits per heavy atom. The average molecular weight is 220 g/mol. The van der Waals surface area contributed by atoms with Gasteiger partial charge in [-0.1, -0.05) is 11.6 Å². The van der Waals surface area contributed by atoms with E-state index in [0.717, 1.165) is 11.2 Å². The van der Waals surface area contributed by atoms with Crippen LogP contribution < -0.4 is 0 Å². The van der Waals surface area contributed by atoms with E-state index in [9.17, 15) is 0 Å². The van der Waals surface area contributed by atoms with Gasteiger partial charge in [0.15, 0.2) is 5.58 Å². The Bertz CT molecular complexity index is 600. The lowest BCUT2D eigenvalue weighted by atomic mass is 10.3. The number of rotatable bonds is 1. The van der Waals surface area contributed by atoms with Crippen molar-refractivity contribution in [1.29, 1.82) is 0 Å². The van der Waals surface area contributed by atoms with E-state index in [4.69, 9.17) is 16.0 Å². The molecule has 5 heteroatoms. The summed E-state index contributed by atoms with van der Waals surface area (Å²) < 4.78 is 7.20. The number of nitrogens with zero attached hydrogens (tertiary/aromatic N) is 3. The maximum atomic E-state index is 5.81. The van der Waals surface area contributed by atoms with Gasteiger partial charge in [0.2, 0.25) is 0 Å². The van der Waals surface area contributed by atoms with Crippen LogP contribution in [0.15, 0.2) is 41.7 Å². The van der Waals surface area contributed by atoms with Gasteiger partial charge in [-0.3, -0.25) is 0 Å². The van der Waals surface area contributed by atoms with E-state index in [1.54, 1.807) is 31.1 Å². The zero-order chi connectivity index (χ0) is 10.3. The lowest BCUT2D eigenvalue weighted by Crippen LogP contribution is -1.88. The van der Waals surface area contributed by atoms with Crippen molar-refractivity contribution in [2.24, 2.45) is 0 Å². The van der Waals surface area contributed by atoms with Gasteiger partial charge in [-0.05, 0) is 0 Å². The van der Waals surface area contributed by atoms with Crippen LogP contribution in [0.3, 0.4) is 0 Å². The van der Waals surface area contributed by atoms with Crippen molar-refractivity contribution < 1.29 is 4.42 Å². The van der Waals surface area contributed by atoms with Crippen LogP contribution in [0.2, 0.25) is 5.02 Å². The first-order valence-electron chi connectivity index (χ1n) is 4.36. The summed E-state index contributed by atoms with van der Waals surface area (Å²) in [5, 5.41) is 0.564. The second-order valence-corrected chi connectivity index (χ2v) is 3.53. The number of fused-ring (bicyclic) bond motifs is 1. The molecule has 0 atom stereocenters. The van der Waals surface area contributed by atoms with Gasteiger partial charge in [0, 0.05) is 24.7 Å². The van der Waals surface area contributed by atoms with Gasteiger partial charge in [-0.15, -0.1) is 0 Å². The zero-order valence-electron chi connectivity index (χ0n) is 7.59. The van der Waals surface area contributed by atoms with Crippen LogP contribution in [0.5, 0.6) is 0 Å². The van der Waals surface area contributed by atoms with E-state index in [-0.39, 0.29) is 0 Å². The molecule has 0 aromatic carbocycles. The third kappa shape index (κ3) is 1.30. The fourth-order valence-corrected chi connectivity index (χ4v) is 1.61. The summed E-state index contributed by atoms with van der Waals surface area (Å²) in [5.74, 6) is 0. The number of aromatic nitrogens is 3. The molecule has 3 aromatic heterocycles. The van der Waals surface area contributed by atoms with Crippen LogP contribution in [0, 0.1) is 0 Å². The molecule has 0 aliphatic heterocycles. The summed E-state index contributed by atoms with van der Waals surface area (Å²) in [6, 6.07) is 1.74. The summed E-state index contributed by atoms with van der Waals surface area (Å²) in [4.78, 5) is 8.19. The highest BCUT2D eigenvalue weighted by molar-refractivity contribution is 6.31. The molecule has 0 N–H and O–H groups in total. The Balaban J connectivity index is 2.29. The monoisotopic (exact) mass is 219 g/mol. The van der Waals surface area contributed by atoms with Gasteiger partial charge in [0.05, 0.1) is 11.3 Å². The van der Waals surface area contributed by atoms with Crippen LogP contribution in [-0.2, 0) is 0 Å². The molecule has 0 radical (unpaired) electrons. The molecule has 3 aromatic rings. The molecule has 0 saturated heterocycles. The first kappa shape index (κ1) is 8.49. The van der Waals surface area contributed by atoms with Gasteiger partial charge < -0.3 is 8.98 Å². The number of halogens is 1. The van der Waals surface area contributed by atoms with Crippen LogP contribution >= 0.6 is 11.6 Å². The van der Waals surface area contributed by atoms with E-state index in [1.165, 1.54) is 0 Å². The molecule has 3 heterocycles. The largest absolute Gasteiger partial charge is 0.460 e. The molecule has 3 rings (SSSR count). The van der Waals surface area contributed by atoms with Gasteiger partial charge in [0.1, 0.15) is 17.5 Å². The van der Waals surface area contributed by atoms with Crippen molar-refractivity contribution in [2.75, 3.05) is 0 Å². The first-order chi connectivity index (χ1) is 7.34. The highest BCUT2D eigenvalue weighted by atomic mass is 35.5. The van der Waals surface area contributed by atoms with E-state index in [0.29, 0.717) is 10.6 Å². The van der Waals surface area contributed by atoms with Gasteiger partial charge in [-0.2, -0.15) is 0 Å². The Morgan fingerprint density at radius 3 is 3.13 bits per heavy atom. The van der Waals surface area contributed by atoms with Crippen LogP contribution in [0.1, 0.15) is 0 Å². The highest BCUT2D eigenvalue weighted by Crippen LogP contribution is 2.24. The van der Waals surface area contributed by atoms with E-state index >= 15 is 0 Å². The molecule has 0 aliphatic rings. The molecule has 0 amide bonds. The minimum absolute atomic E-state index is 0.564. The fourth-order valence-electron chi connectivity index (χ4n) is 1.46. The van der Waals surface area contributed by atoms with E-state index < -0.39 is 0 Å². The maximum absolute atomic E-state index is 5.81. The summed E-state index contributed by atoms with van der Waals surface area (Å²) in [7, 11) is 0. The van der Waals surface area contributed by atoms with Crippen molar-refractivity contribution in [3.63, 3.8) is 0 Å². The second kappa shape index (κ2) is 3.10. The van der Waals surface area contributed by atoms with Crippen molar-refractivity contribution in [2.45, 2.75) is 0 Å². The minimum atomic E-state index is 0.564. The van der Waals surface area contributed by atoms with E-state index in [2.05, 4.69) is 9.97 Å². The third-order valence-electron chi connectivity index (χ3n) is 2.14. The molecular weight excluding hydrogens is 214 g/mol. The lowest BCUT2D eigenvalue weighted by Gasteiger charge is -1.96. The summed E-state index contributed by atoms with van der Waals surface area (Å²) >= 11 is 5.81. The van der Waals surface area contributed by atoms with Gasteiger partial charge >= 0.3 is 0 Å². The zero-order valence-corrected chi connectivity index (χ0v) is 8.35. The SMILES string of the molecule is Clc1cnc2c(-n3ccnc3)coc2c1. The summed E-state index contributed by atoms with van der Waals surface area (Å²) in [5.41, 5.74) is 2.31. The molecule has 0 spiro atoms. The van der Waals surface area contributed by atoms with Gasteiger partial charge in [-0.25, -0.2) is 9.97 Å². The number of hydrogen-bond donors (Lipinski definition) is 0. The predicted molar refractivity (Wildman–Crippen MR) is 56.1 cm³/mol. The third-order valence-corrected chi connectivity index (χ3v) is 2.35. The molecule has 0 bridgehead atoms. The van der Waals surface area contributed by atoms with Gasteiger partial charge in [0.25, 0.3) is 0 Å². The Morgan fingerprint density at radius 1 is 1.40 bits per heavy atom. The van der Waals surface area contributed by atoms with Crippen molar-refractivity contribution in [3.8, 4) is 5.69 Å². The smallest absolute Gasteiger partial charge is 0.156 e. The predicted octanol–water partition coefficient (Wildman–Crippen LogP) is 2.67. The standard InChI is InChI=1S/C10H6ClN3O/c11-7-3-9-10(13-4-7)8(5-15-9)14-2-1-12-6-14/h1-6H. The Labute approximate surface area is 90.1 Å². The molecule has 0 saturated carbocycles. The van der Waals surface area contributed by atoms with Crippen molar-refractivity contribution >= 4 is 22.7 Å². The summed E-state index contributed by atoms with van der Waals surface area (Å²) in [6.07, 6.45) is 8.46. The molecule has 15 heavy (non-hydrogen) atoms. The number of furan rings is 1. The lowest BCUT2D eigenvalue weighted by molar-refractivity contribution is 0.612. The highest BCUT2D eigenvalue weighted by Gasteiger charge is 2.08. The second-order valence-electron chi connectivity index (χ2n) is 3.09. The molecule has 0 unspecified atom stereocenters. The van der Waals surface area contributed by atoms with Crippen molar-refractivity contribution in [1.82, 2.24) is 14.5 Å². The Hall–Kier alpha value is -1.81. The quantitative estimate of drug-likeness (QED) is 0.632. The molecule has 0 aliphatic carbocycles. The molecule has 4 nitrogen and oxygen atoms in total. The van der Waals surface area contributed by atoms with Crippen molar-refractivity contribution in [3.05, 3.63) is 42.3 Å². The molecule has 74 valence electrons. The van der Waals surface area contributed by atoms with Crippen LogP contribution in [0.4, 0.5) is 0 Å². The minimum Gasteiger partial charge on any atom is -0.460 e. The Kier molecular flexibility index (Phi) is 1.76. The van der Waals surface area contributed by atoms with E-state index in [1.807, 2.05) is 10.8 Å². The number of imidazole rings is 1. The molecular formula is C10H6ClN3O. The first-order valence-corrected chi connectivity index (χ1v) is 4.73. The number of hydrogen-bond acceptors (Lipinski definition) is 3. The normalized spacial score (nSPS) is 11.0. The average Bonchev–Trinajstić information content (AvgIpc) is 2.82. The maximum Gasteiger partial charge on any atom is 0.156 e. The fraction of sp³-hybridized carbons (Fsp3) is 0. The van der Waals surface area contributed by atoms with Crippen LogP contribution in [0.25, 0.3) is 16.8 Å².